The third-order valence-electron chi connectivity index (χ3n) is 7.80. The van der Waals surface area contributed by atoms with Crippen LogP contribution in [0.2, 0.25) is 0 Å². The zero-order valence-corrected chi connectivity index (χ0v) is 26.9. The predicted molar refractivity (Wildman–Crippen MR) is 167 cm³/mol. The fourth-order valence-electron chi connectivity index (χ4n) is 5.26. The number of hydrogen-bond donors (Lipinski definition) is 1. The quantitative estimate of drug-likeness (QED) is 0.235. The van der Waals surface area contributed by atoms with Crippen molar-refractivity contribution in [2.45, 2.75) is 90.4 Å². The average Bonchev–Trinajstić information content (AvgIpc) is 2.99. The molecule has 1 saturated heterocycles. The molecule has 0 aliphatic carbocycles. The molecule has 0 saturated carbocycles. The number of benzene rings is 2. The highest BCUT2D eigenvalue weighted by Gasteiger charge is 2.27. The number of carbonyl (C=O) groups is 2. The molecule has 2 aromatic rings. The molecular formula is C33H48N2O7S. The topological polar surface area (TPSA) is 111 Å². The Bertz CT molecular complexity index is 1240. The Balaban J connectivity index is 1.40. The van der Waals surface area contributed by atoms with E-state index in [9.17, 15) is 18.0 Å². The molecule has 1 N–H and O–H groups in total. The van der Waals surface area contributed by atoms with Crippen molar-refractivity contribution >= 4 is 22.1 Å². The number of esters is 1. The van der Waals surface area contributed by atoms with Crippen LogP contribution in [0.5, 0.6) is 5.75 Å². The molecule has 9 nitrogen and oxygen atoms in total. The number of hydrogen-bond acceptors (Lipinski definition) is 7. The van der Waals surface area contributed by atoms with Gasteiger partial charge in [0.25, 0.3) is 0 Å². The number of likely N-dealkylation sites (tertiary alicyclic amines) is 1. The zero-order chi connectivity index (χ0) is 31.3. The van der Waals surface area contributed by atoms with E-state index in [4.69, 9.17) is 14.2 Å². The summed E-state index contributed by atoms with van der Waals surface area (Å²) in [6.45, 7) is 7.81. The van der Waals surface area contributed by atoms with Crippen LogP contribution in [-0.4, -0.2) is 63.0 Å². The number of piperidine rings is 1. The Labute approximate surface area is 257 Å². The van der Waals surface area contributed by atoms with Gasteiger partial charge in [-0.05, 0) is 81.5 Å². The Morgan fingerprint density at radius 2 is 1.67 bits per heavy atom. The molecule has 0 spiro atoms. The van der Waals surface area contributed by atoms with Crippen LogP contribution in [-0.2, 0) is 37.3 Å². The summed E-state index contributed by atoms with van der Waals surface area (Å²) in [6.07, 6.45) is 6.16. The minimum atomic E-state index is -3.58. The lowest BCUT2D eigenvalue weighted by molar-refractivity contribution is -0.142. The maximum absolute atomic E-state index is 12.4. The molecule has 2 aromatic carbocycles. The molecule has 3 rings (SSSR count). The Kier molecular flexibility index (Phi) is 13.3. The third kappa shape index (κ3) is 12.2. The highest BCUT2D eigenvalue weighted by molar-refractivity contribution is 7.89. The first kappa shape index (κ1) is 34.4. The second kappa shape index (κ2) is 16.7. The lowest BCUT2D eigenvalue weighted by Crippen LogP contribution is -2.43. The van der Waals surface area contributed by atoms with Crippen LogP contribution < -0.4 is 9.46 Å². The van der Waals surface area contributed by atoms with E-state index in [2.05, 4.69) is 18.6 Å². The van der Waals surface area contributed by atoms with Crippen LogP contribution in [0.15, 0.2) is 54.6 Å². The van der Waals surface area contributed by atoms with Gasteiger partial charge in [0.1, 0.15) is 24.0 Å². The molecule has 1 aliphatic heterocycles. The van der Waals surface area contributed by atoms with Gasteiger partial charge in [-0.1, -0.05) is 62.2 Å². The number of ether oxygens (including phenoxy) is 3. The molecule has 1 heterocycles. The second-order valence-electron chi connectivity index (χ2n) is 11.9. The van der Waals surface area contributed by atoms with Crippen LogP contribution in [0.1, 0.15) is 76.8 Å². The van der Waals surface area contributed by atoms with Gasteiger partial charge >= 0.3 is 12.1 Å². The number of unbranched alkanes of at least 4 members (excludes halogenated alkanes) is 1. The number of nitrogens with zero attached hydrogens (tertiary/aromatic N) is 1. The molecule has 1 unspecified atom stereocenters. The largest absolute Gasteiger partial charge is 0.488 e. The highest BCUT2D eigenvalue weighted by atomic mass is 32.2. The van der Waals surface area contributed by atoms with E-state index in [1.807, 2.05) is 66.4 Å². The summed E-state index contributed by atoms with van der Waals surface area (Å²) in [4.78, 5) is 26.5. The van der Waals surface area contributed by atoms with E-state index < -0.39 is 22.0 Å². The molecule has 1 fully saturated rings. The summed E-state index contributed by atoms with van der Waals surface area (Å²) in [5, 5.41) is 0. The normalized spacial score (nSPS) is 15.1. The summed E-state index contributed by atoms with van der Waals surface area (Å²) < 4.78 is 43.8. The molecule has 43 heavy (non-hydrogen) atoms. The van der Waals surface area contributed by atoms with E-state index in [-0.39, 0.29) is 23.9 Å². The number of rotatable bonds is 16. The van der Waals surface area contributed by atoms with Crippen molar-refractivity contribution in [1.29, 1.82) is 0 Å². The lowest BCUT2D eigenvalue weighted by Gasteiger charge is -2.32. The molecule has 1 atom stereocenters. The molecule has 0 aromatic heterocycles. The van der Waals surface area contributed by atoms with Gasteiger partial charge in [-0.3, -0.25) is 4.79 Å². The molecule has 0 radical (unpaired) electrons. The average molecular weight is 617 g/mol. The van der Waals surface area contributed by atoms with Gasteiger partial charge in [0.2, 0.25) is 10.0 Å². The van der Waals surface area contributed by atoms with Gasteiger partial charge < -0.3 is 19.1 Å². The fourth-order valence-corrected chi connectivity index (χ4v) is 6.66. The third-order valence-corrected chi connectivity index (χ3v) is 9.27. The predicted octanol–water partition coefficient (Wildman–Crippen LogP) is 5.87. The SMILES string of the molecule is CCCCS(=O)(=O)NC(Cc1ccc(OC(C)(C)CCCC2CCN(C(=O)OCc3ccccc3)CC2)cc1)C(=O)OC. The second-order valence-corrected chi connectivity index (χ2v) is 13.8. The van der Waals surface area contributed by atoms with Crippen molar-refractivity contribution in [1.82, 2.24) is 9.62 Å². The Morgan fingerprint density at radius 3 is 2.30 bits per heavy atom. The van der Waals surface area contributed by atoms with Crippen LogP contribution in [0.3, 0.4) is 0 Å². The fraction of sp³-hybridized carbons (Fsp3) is 0.576. The number of nitrogens with one attached hydrogen (secondary N) is 1. The van der Waals surface area contributed by atoms with E-state index in [0.29, 0.717) is 24.7 Å². The van der Waals surface area contributed by atoms with Crippen molar-refractivity contribution in [3.63, 3.8) is 0 Å². The molecule has 238 valence electrons. The lowest BCUT2D eigenvalue weighted by atomic mass is 9.89. The molecule has 1 amide bonds. The minimum absolute atomic E-state index is 0.0259. The van der Waals surface area contributed by atoms with Crippen LogP contribution >= 0.6 is 0 Å². The summed E-state index contributed by atoms with van der Waals surface area (Å²) in [5.41, 5.74) is 1.42. The summed E-state index contributed by atoms with van der Waals surface area (Å²) in [6, 6.07) is 16.1. The minimum Gasteiger partial charge on any atom is -0.488 e. The van der Waals surface area contributed by atoms with E-state index >= 15 is 0 Å². The van der Waals surface area contributed by atoms with Gasteiger partial charge in [0.15, 0.2) is 0 Å². The number of amides is 1. The first-order valence-electron chi connectivity index (χ1n) is 15.3. The van der Waals surface area contributed by atoms with Crippen molar-refractivity contribution in [2.75, 3.05) is 26.0 Å². The van der Waals surface area contributed by atoms with Crippen molar-refractivity contribution < 1.29 is 32.2 Å². The monoisotopic (exact) mass is 616 g/mol. The summed E-state index contributed by atoms with van der Waals surface area (Å²) in [5.74, 6) is 0.654. The van der Waals surface area contributed by atoms with Crippen molar-refractivity contribution in [2.24, 2.45) is 5.92 Å². The van der Waals surface area contributed by atoms with Gasteiger partial charge in [0, 0.05) is 13.1 Å². The van der Waals surface area contributed by atoms with Gasteiger partial charge in [-0.15, -0.1) is 0 Å². The van der Waals surface area contributed by atoms with E-state index in [1.165, 1.54) is 7.11 Å². The molecule has 1 aliphatic rings. The summed E-state index contributed by atoms with van der Waals surface area (Å²) in [7, 11) is -2.33. The Hall–Kier alpha value is -3.11. The number of sulfonamides is 1. The maximum Gasteiger partial charge on any atom is 0.410 e. The number of methoxy groups -OCH3 is 1. The van der Waals surface area contributed by atoms with Crippen LogP contribution in [0.25, 0.3) is 0 Å². The van der Waals surface area contributed by atoms with E-state index in [1.54, 1.807) is 0 Å². The van der Waals surface area contributed by atoms with E-state index in [0.717, 1.165) is 62.7 Å². The van der Waals surface area contributed by atoms with Crippen molar-refractivity contribution in [3.8, 4) is 5.75 Å². The van der Waals surface area contributed by atoms with Crippen LogP contribution in [0, 0.1) is 5.92 Å². The smallest absolute Gasteiger partial charge is 0.410 e. The first-order valence-corrected chi connectivity index (χ1v) is 17.0. The number of carbonyl (C=O) groups excluding carboxylic acids is 2. The summed E-state index contributed by atoms with van der Waals surface area (Å²) >= 11 is 0. The van der Waals surface area contributed by atoms with Gasteiger partial charge in [-0.2, -0.15) is 0 Å². The Morgan fingerprint density at radius 1 is 1.00 bits per heavy atom. The van der Waals surface area contributed by atoms with Crippen LogP contribution in [0.4, 0.5) is 4.79 Å². The maximum atomic E-state index is 12.4. The molecular weight excluding hydrogens is 568 g/mol. The molecule has 10 heteroatoms. The van der Waals surface area contributed by atoms with Gasteiger partial charge in [0.05, 0.1) is 12.9 Å². The molecule has 0 bridgehead atoms. The standard InChI is InChI=1S/C33H48N2O7S/c1-5-6-23-43(38,39)34-30(31(36)40-4)24-27-14-16-29(17-15-27)42-33(2,3)20-10-13-26-18-21-35(22-19-26)32(37)41-25-28-11-8-7-9-12-28/h7-9,11-12,14-17,26,30,34H,5-6,10,13,18-25H2,1-4H3. The highest BCUT2D eigenvalue weighted by Crippen LogP contribution is 2.28. The van der Waals surface area contributed by atoms with Crippen molar-refractivity contribution in [3.05, 3.63) is 65.7 Å². The van der Waals surface area contributed by atoms with Gasteiger partial charge in [-0.25, -0.2) is 17.9 Å². The zero-order valence-electron chi connectivity index (χ0n) is 26.0. The first-order chi connectivity index (χ1) is 20.5.